The Balaban J connectivity index is 2.28. The van der Waals surface area contributed by atoms with Crippen molar-refractivity contribution in [3.63, 3.8) is 0 Å². The van der Waals surface area contributed by atoms with Crippen molar-refractivity contribution in [3.8, 4) is 5.75 Å². The standard InChI is InChI=1S/C17H19BrClNO/c1-3-20-16(10-12-4-7-14(19)8-5-12)15-9-6-13(18)11-17(15)21-2/h4-9,11,16,20H,3,10H2,1-2H3. The van der Waals surface area contributed by atoms with Crippen molar-refractivity contribution in [1.29, 1.82) is 0 Å². The Morgan fingerprint density at radius 1 is 1.19 bits per heavy atom. The van der Waals surface area contributed by atoms with Gasteiger partial charge in [-0.1, -0.05) is 52.7 Å². The monoisotopic (exact) mass is 367 g/mol. The maximum Gasteiger partial charge on any atom is 0.124 e. The highest BCUT2D eigenvalue weighted by molar-refractivity contribution is 9.10. The minimum Gasteiger partial charge on any atom is -0.496 e. The number of hydrogen-bond acceptors (Lipinski definition) is 2. The predicted molar refractivity (Wildman–Crippen MR) is 92.3 cm³/mol. The first-order chi connectivity index (χ1) is 10.1. The van der Waals surface area contributed by atoms with Gasteiger partial charge in [-0.05, 0) is 42.8 Å². The van der Waals surface area contributed by atoms with E-state index in [1.165, 1.54) is 5.56 Å². The first-order valence-electron chi connectivity index (χ1n) is 6.95. The van der Waals surface area contributed by atoms with Gasteiger partial charge in [-0.15, -0.1) is 0 Å². The van der Waals surface area contributed by atoms with Crippen LogP contribution in [0.3, 0.4) is 0 Å². The van der Waals surface area contributed by atoms with Crippen LogP contribution in [0.5, 0.6) is 5.75 Å². The third-order valence-electron chi connectivity index (χ3n) is 3.37. The van der Waals surface area contributed by atoms with Crippen LogP contribution in [0.1, 0.15) is 24.1 Å². The fourth-order valence-corrected chi connectivity index (χ4v) is 2.83. The molecule has 0 radical (unpaired) electrons. The molecule has 2 nitrogen and oxygen atoms in total. The van der Waals surface area contributed by atoms with E-state index >= 15 is 0 Å². The fraction of sp³-hybridized carbons (Fsp3) is 0.294. The van der Waals surface area contributed by atoms with Gasteiger partial charge >= 0.3 is 0 Å². The van der Waals surface area contributed by atoms with E-state index in [-0.39, 0.29) is 6.04 Å². The molecule has 1 N–H and O–H groups in total. The maximum atomic E-state index is 5.95. The quantitative estimate of drug-likeness (QED) is 0.774. The average molecular weight is 369 g/mol. The van der Waals surface area contributed by atoms with Crippen LogP contribution in [-0.2, 0) is 6.42 Å². The van der Waals surface area contributed by atoms with Gasteiger partial charge in [0, 0.05) is 21.1 Å². The van der Waals surface area contributed by atoms with E-state index in [2.05, 4.69) is 46.4 Å². The van der Waals surface area contributed by atoms with E-state index in [1.54, 1.807) is 7.11 Å². The molecule has 0 aliphatic carbocycles. The topological polar surface area (TPSA) is 21.3 Å². The zero-order valence-corrected chi connectivity index (χ0v) is 14.5. The molecule has 0 aliphatic heterocycles. The van der Waals surface area contributed by atoms with Gasteiger partial charge in [-0.3, -0.25) is 0 Å². The van der Waals surface area contributed by atoms with Crippen molar-refractivity contribution in [2.24, 2.45) is 0 Å². The van der Waals surface area contributed by atoms with E-state index in [9.17, 15) is 0 Å². The number of methoxy groups -OCH3 is 1. The van der Waals surface area contributed by atoms with Crippen molar-refractivity contribution in [3.05, 3.63) is 63.1 Å². The zero-order valence-electron chi connectivity index (χ0n) is 12.2. The van der Waals surface area contributed by atoms with Crippen LogP contribution in [-0.4, -0.2) is 13.7 Å². The summed E-state index contributed by atoms with van der Waals surface area (Å²) in [6.07, 6.45) is 0.892. The lowest BCUT2D eigenvalue weighted by Gasteiger charge is -2.21. The van der Waals surface area contributed by atoms with E-state index in [1.807, 2.05) is 24.3 Å². The van der Waals surface area contributed by atoms with Crippen molar-refractivity contribution in [2.45, 2.75) is 19.4 Å². The molecule has 0 bridgehead atoms. The fourth-order valence-electron chi connectivity index (χ4n) is 2.37. The smallest absolute Gasteiger partial charge is 0.124 e. The molecule has 0 fully saturated rings. The predicted octanol–water partition coefficient (Wildman–Crippen LogP) is 5.00. The van der Waals surface area contributed by atoms with Gasteiger partial charge in [-0.2, -0.15) is 0 Å². The van der Waals surface area contributed by atoms with E-state index in [0.29, 0.717) is 0 Å². The summed E-state index contributed by atoms with van der Waals surface area (Å²) in [7, 11) is 1.70. The van der Waals surface area contributed by atoms with Gasteiger partial charge in [0.05, 0.1) is 7.11 Å². The summed E-state index contributed by atoms with van der Waals surface area (Å²) in [5.74, 6) is 0.893. The molecule has 2 aromatic rings. The molecule has 112 valence electrons. The molecule has 1 unspecified atom stereocenters. The molecule has 0 heterocycles. The molecule has 1 atom stereocenters. The minimum atomic E-state index is 0.208. The molecule has 0 aromatic heterocycles. The number of benzene rings is 2. The van der Waals surface area contributed by atoms with Gasteiger partial charge in [0.1, 0.15) is 5.75 Å². The summed E-state index contributed by atoms with van der Waals surface area (Å²) in [4.78, 5) is 0. The van der Waals surface area contributed by atoms with Crippen LogP contribution in [0.25, 0.3) is 0 Å². The minimum absolute atomic E-state index is 0.208. The number of likely N-dealkylation sites (N-methyl/N-ethyl adjacent to an activating group) is 1. The second-order valence-corrected chi connectivity index (χ2v) is 6.18. The Kier molecular flexibility index (Phi) is 6.09. The molecule has 0 spiro atoms. The van der Waals surface area contributed by atoms with Crippen molar-refractivity contribution >= 4 is 27.5 Å². The Hall–Kier alpha value is -1.03. The third-order valence-corrected chi connectivity index (χ3v) is 4.12. The normalized spacial score (nSPS) is 12.2. The van der Waals surface area contributed by atoms with Crippen molar-refractivity contribution in [1.82, 2.24) is 5.32 Å². The second kappa shape index (κ2) is 7.83. The lowest BCUT2D eigenvalue weighted by atomic mass is 9.98. The Morgan fingerprint density at radius 2 is 1.90 bits per heavy atom. The van der Waals surface area contributed by atoms with Gasteiger partial charge in [0.2, 0.25) is 0 Å². The van der Waals surface area contributed by atoms with Gasteiger partial charge in [0.15, 0.2) is 0 Å². The summed E-state index contributed by atoms with van der Waals surface area (Å²) in [6, 6.07) is 14.4. The summed E-state index contributed by atoms with van der Waals surface area (Å²) < 4.78 is 6.54. The number of halogens is 2. The summed E-state index contributed by atoms with van der Waals surface area (Å²) in [5.41, 5.74) is 2.41. The van der Waals surface area contributed by atoms with E-state index in [4.69, 9.17) is 16.3 Å². The molecule has 0 amide bonds. The van der Waals surface area contributed by atoms with Gasteiger partial charge in [-0.25, -0.2) is 0 Å². The van der Waals surface area contributed by atoms with E-state index in [0.717, 1.165) is 33.8 Å². The number of nitrogens with one attached hydrogen (secondary N) is 1. The lowest BCUT2D eigenvalue weighted by molar-refractivity contribution is 0.399. The second-order valence-electron chi connectivity index (χ2n) is 4.83. The van der Waals surface area contributed by atoms with Crippen LogP contribution in [0.15, 0.2) is 46.9 Å². The average Bonchev–Trinajstić information content (AvgIpc) is 2.49. The molecule has 0 saturated heterocycles. The molecular weight excluding hydrogens is 350 g/mol. The summed E-state index contributed by atoms with van der Waals surface area (Å²) >= 11 is 9.44. The largest absolute Gasteiger partial charge is 0.496 e. The summed E-state index contributed by atoms with van der Waals surface area (Å²) in [6.45, 7) is 3.01. The van der Waals surface area contributed by atoms with Crippen LogP contribution in [0.2, 0.25) is 5.02 Å². The van der Waals surface area contributed by atoms with Crippen LogP contribution in [0.4, 0.5) is 0 Å². The first-order valence-corrected chi connectivity index (χ1v) is 8.12. The van der Waals surface area contributed by atoms with Gasteiger partial charge in [0.25, 0.3) is 0 Å². The molecule has 4 heteroatoms. The SMILES string of the molecule is CCNC(Cc1ccc(Cl)cc1)c1ccc(Br)cc1OC. The van der Waals surface area contributed by atoms with Crippen LogP contribution in [0, 0.1) is 0 Å². The van der Waals surface area contributed by atoms with Crippen molar-refractivity contribution < 1.29 is 4.74 Å². The van der Waals surface area contributed by atoms with Crippen LogP contribution >= 0.6 is 27.5 Å². The third kappa shape index (κ3) is 4.47. The highest BCUT2D eigenvalue weighted by Gasteiger charge is 2.16. The molecule has 21 heavy (non-hydrogen) atoms. The van der Waals surface area contributed by atoms with Crippen molar-refractivity contribution in [2.75, 3.05) is 13.7 Å². The molecule has 0 aliphatic rings. The number of rotatable bonds is 6. The molecule has 0 saturated carbocycles. The van der Waals surface area contributed by atoms with Gasteiger partial charge < -0.3 is 10.1 Å². The highest BCUT2D eigenvalue weighted by Crippen LogP contribution is 2.30. The number of hydrogen-bond donors (Lipinski definition) is 1. The molecular formula is C17H19BrClNO. The Labute approximate surface area is 139 Å². The number of ether oxygens (including phenoxy) is 1. The highest BCUT2D eigenvalue weighted by atomic mass is 79.9. The van der Waals surface area contributed by atoms with Crippen LogP contribution < -0.4 is 10.1 Å². The zero-order chi connectivity index (χ0) is 15.2. The van der Waals surface area contributed by atoms with E-state index < -0.39 is 0 Å². The molecule has 2 aromatic carbocycles. The maximum absolute atomic E-state index is 5.95. The Morgan fingerprint density at radius 3 is 2.52 bits per heavy atom. The first kappa shape index (κ1) is 16.3. The molecule has 2 rings (SSSR count). The summed E-state index contributed by atoms with van der Waals surface area (Å²) in [5, 5.41) is 4.29. The Bertz CT molecular complexity index is 586. The lowest BCUT2D eigenvalue weighted by Crippen LogP contribution is -2.23.